The third-order valence-electron chi connectivity index (χ3n) is 6.77. The van der Waals surface area contributed by atoms with E-state index < -0.39 is 22.9 Å². The van der Waals surface area contributed by atoms with Gasteiger partial charge in [0.25, 0.3) is 0 Å². The SMILES string of the molecule is COc1cc(C(C)(C)c2[nH]c(CCc3c(F)cc(NC(=O)OC(C)(C)C)cc3Cl)nc2-c2ccc(F)cc2)ccc1Cl. The highest BCUT2D eigenvalue weighted by Gasteiger charge is 2.31. The molecule has 0 aliphatic heterocycles. The van der Waals surface area contributed by atoms with Crippen molar-refractivity contribution >= 4 is 35.0 Å². The van der Waals surface area contributed by atoms with Gasteiger partial charge in [0.2, 0.25) is 0 Å². The number of halogens is 4. The maximum atomic E-state index is 15.1. The van der Waals surface area contributed by atoms with E-state index in [0.29, 0.717) is 28.7 Å². The van der Waals surface area contributed by atoms with Crippen LogP contribution in [0.2, 0.25) is 10.0 Å². The Morgan fingerprint density at radius 1 is 0.952 bits per heavy atom. The van der Waals surface area contributed by atoms with Crippen LogP contribution < -0.4 is 10.1 Å². The number of hydrogen-bond acceptors (Lipinski definition) is 4. The lowest BCUT2D eigenvalue weighted by atomic mass is 9.79. The largest absolute Gasteiger partial charge is 0.495 e. The Bertz CT molecular complexity index is 1570. The van der Waals surface area contributed by atoms with Crippen molar-refractivity contribution in [3.63, 3.8) is 0 Å². The van der Waals surface area contributed by atoms with Crippen LogP contribution in [0.15, 0.2) is 54.6 Å². The van der Waals surface area contributed by atoms with Crippen molar-refractivity contribution in [1.82, 2.24) is 9.97 Å². The third kappa shape index (κ3) is 7.23. The van der Waals surface area contributed by atoms with Crippen molar-refractivity contribution in [1.29, 1.82) is 0 Å². The second-order valence-corrected chi connectivity index (χ2v) is 12.2. The number of H-pyrrole nitrogens is 1. The molecule has 4 aromatic rings. The number of imidazole rings is 1. The van der Waals surface area contributed by atoms with Crippen molar-refractivity contribution in [2.24, 2.45) is 0 Å². The quantitative estimate of drug-likeness (QED) is 0.207. The number of ether oxygens (including phenoxy) is 2. The topological polar surface area (TPSA) is 76.2 Å². The first-order valence-corrected chi connectivity index (χ1v) is 14.1. The van der Waals surface area contributed by atoms with E-state index in [1.807, 2.05) is 26.0 Å². The van der Waals surface area contributed by atoms with Crippen molar-refractivity contribution in [2.45, 2.75) is 58.5 Å². The highest BCUT2D eigenvalue weighted by molar-refractivity contribution is 6.32. The third-order valence-corrected chi connectivity index (χ3v) is 7.42. The lowest BCUT2D eigenvalue weighted by Crippen LogP contribution is -2.27. The molecule has 0 atom stereocenters. The molecule has 6 nitrogen and oxygen atoms in total. The van der Waals surface area contributed by atoms with Gasteiger partial charge in [0.05, 0.1) is 23.5 Å². The molecule has 0 spiro atoms. The molecule has 4 rings (SSSR count). The summed E-state index contributed by atoms with van der Waals surface area (Å²) >= 11 is 12.7. The zero-order valence-electron chi connectivity index (χ0n) is 24.3. The molecule has 0 fully saturated rings. The van der Waals surface area contributed by atoms with E-state index in [9.17, 15) is 9.18 Å². The lowest BCUT2D eigenvalue weighted by Gasteiger charge is -2.26. The Morgan fingerprint density at radius 3 is 2.26 bits per heavy atom. The Morgan fingerprint density at radius 2 is 1.64 bits per heavy atom. The minimum Gasteiger partial charge on any atom is -0.495 e. The van der Waals surface area contributed by atoms with Gasteiger partial charge in [-0.25, -0.2) is 18.6 Å². The number of amides is 1. The molecular weight excluding hydrogens is 583 g/mol. The molecule has 0 bridgehead atoms. The highest BCUT2D eigenvalue weighted by atomic mass is 35.5. The number of rotatable bonds is 8. The van der Waals surface area contributed by atoms with Gasteiger partial charge in [-0.1, -0.05) is 43.1 Å². The van der Waals surface area contributed by atoms with E-state index in [-0.39, 0.29) is 28.5 Å². The molecule has 1 heterocycles. The van der Waals surface area contributed by atoms with Gasteiger partial charge in [-0.2, -0.15) is 0 Å². The molecule has 0 radical (unpaired) electrons. The van der Waals surface area contributed by atoms with Crippen LogP contribution >= 0.6 is 23.2 Å². The zero-order valence-corrected chi connectivity index (χ0v) is 25.8. The minimum absolute atomic E-state index is 0.167. The Kier molecular flexibility index (Phi) is 9.18. The van der Waals surface area contributed by atoms with Crippen LogP contribution in [0.5, 0.6) is 5.75 Å². The fourth-order valence-electron chi connectivity index (χ4n) is 4.58. The normalized spacial score (nSPS) is 11.9. The predicted octanol–water partition coefficient (Wildman–Crippen LogP) is 9.13. The van der Waals surface area contributed by atoms with Crippen molar-refractivity contribution in [3.8, 4) is 17.0 Å². The standard InChI is InChI=1S/C32H33Cl2F2N3O3/c1-31(2,3)42-30(40)37-21-16-24(34)22(25(36)17-21)12-14-27-38-28(18-7-10-20(35)11-8-18)29(39-27)32(4,5)19-9-13-23(33)26(15-19)41-6/h7-11,13,15-17H,12,14H2,1-6H3,(H,37,40)(H,38,39). The van der Waals surface area contributed by atoms with Crippen molar-refractivity contribution in [3.05, 3.63) is 98.9 Å². The van der Waals surface area contributed by atoms with E-state index in [1.165, 1.54) is 24.3 Å². The summed E-state index contributed by atoms with van der Waals surface area (Å²) in [4.78, 5) is 20.4. The van der Waals surface area contributed by atoms with Crippen molar-refractivity contribution < 1.29 is 23.0 Å². The van der Waals surface area contributed by atoms with E-state index in [2.05, 4.69) is 10.3 Å². The summed E-state index contributed by atoms with van der Waals surface area (Å²) in [6.45, 7) is 9.27. The van der Waals surface area contributed by atoms with E-state index in [0.717, 1.165) is 16.8 Å². The summed E-state index contributed by atoms with van der Waals surface area (Å²) < 4.78 is 39.6. The maximum absolute atomic E-state index is 15.1. The molecule has 2 N–H and O–H groups in total. The van der Waals surface area contributed by atoms with Gasteiger partial charge in [0.1, 0.15) is 28.8 Å². The summed E-state index contributed by atoms with van der Waals surface area (Å²) in [5.41, 5.74) is 2.27. The number of carbonyl (C=O) groups excluding carboxylic acids is 1. The van der Waals surface area contributed by atoms with Crippen LogP contribution in [0, 0.1) is 11.6 Å². The molecular formula is C32H33Cl2F2N3O3. The number of aryl methyl sites for hydroxylation is 1. The van der Waals surface area contributed by atoms with Gasteiger partial charge in [-0.05, 0) is 81.3 Å². The van der Waals surface area contributed by atoms with Crippen LogP contribution in [-0.2, 0) is 23.0 Å². The summed E-state index contributed by atoms with van der Waals surface area (Å²) in [5, 5.41) is 3.17. The highest BCUT2D eigenvalue weighted by Crippen LogP contribution is 2.39. The van der Waals surface area contributed by atoms with Gasteiger partial charge in [-0.3, -0.25) is 5.32 Å². The second kappa shape index (κ2) is 12.3. The molecule has 0 unspecified atom stereocenters. The number of nitrogens with zero attached hydrogens (tertiary/aromatic N) is 1. The van der Waals surface area contributed by atoms with Crippen LogP contribution in [0.25, 0.3) is 11.3 Å². The van der Waals surface area contributed by atoms with E-state index in [4.69, 9.17) is 37.7 Å². The molecule has 10 heteroatoms. The van der Waals surface area contributed by atoms with E-state index >= 15 is 4.39 Å². The van der Waals surface area contributed by atoms with Crippen LogP contribution in [0.3, 0.4) is 0 Å². The second-order valence-electron chi connectivity index (χ2n) is 11.4. The minimum atomic E-state index is -0.705. The van der Waals surface area contributed by atoms with E-state index in [1.54, 1.807) is 46.1 Å². The average Bonchev–Trinajstić information content (AvgIpc) is 3.33. The Labute approximate surface area is 254 Å². The molecule has 0 saturated carbocycles. The van der Waals surface area contributed by atoms with Crippen molar-refractivity contribution in [2.75, 3.05) is 12.4 Å². The number of anilines is 1. The van der Waals surface area contributed by atoms with Crippen LogP contribution in [0.4, 0.5) is 19.3 Å². The fourth-order valence-corrected chi connectivity index (χ4v) is 5.08. The number of hydrogen-bond donors (Lipinski definition) is 2. The van der Waals surface area contributed by atoms with Gasteiger partial charge in [-0.15, -0.1) is 0 Å². The first-order valence-electron chi connectivity index (χ1n) is 13.3. The number of aromatic nitrogens is 2. The predicted molar refractivity (Wildman–Crippen MR) is 163 cm³/mol. The summed E-state index contributed by atoms with van der Waals surface area (Å²) in [5.74, 6) is 0.227. The Hall–Kier alpha value is -3.62. The number of carbonyl (C=O) groups is 1. The number of nitrogens with one attached hydrogen (secondary N) is 2. The number of aromatic amines is 1. The van der Waals surface area contributed by atoms with Crippen LogP contribution in [0.1, 0.15) is 57.3 Å². The molecule has 1 amide bonds. The molecule has 222 valence electrons. The van der Waals surface area contributed by atoms with Crippen LogP contribution in [-0.4, -0.2) is 28.8 Å². The molecule has 0 saturated heterocycles. The zero-order chi connectivity index (χ0) is 30.8. The number of benzene rings is 3. The van der Waals surface area contributed by atoms with Gasteiger partial charge < -0.3 is 14.5 Å². The number of methoxy groups -OCH3 is 1. The lowest BCUT2D eigenvalue weighted by molar-refractivity contribution is 0.0636. The summed E-state index contributed by atoms with van der Waals surface area (Å²) in [7, 11) is 1.56. The molecule has 42 heavy (non-hydrogen) atoms. The van der Waals surface area contributed by atoms with Gasteiger partial charge >= 0.3 is 6.09 Å². The summed E-state index contributed by atoms with van der Waals surface area (Å²) in [6, 6.07) is 14.4. The fraction of sp³-hybridized carbons (Fsp3) is 0.312. The molecule has 0 aliphatic carbocycles. The van der Waals surface area contributed by atoms with Gasteiger partial charge in [0.15, 0.2) is 0 Å². The molecule has 1 aromatic heterocycles. The monoisotopic (exact) mass is 615 g/mol. The first kappa shape index (κ1) is 31.3. The Balaban J connectivity index is 1.64. The smallest absolute Gasteiger partial charge is 0.412 e. The first-order chi connectivity index (χ1) is 19.7. The summed E-state index contributed by atoms with van der Waals surface area (Å²) in [6.07, 6.45) is -0.130. The molecule has 3 aromatic carbocycles. The maximum Gasteiger partial charge on any atom is 0.412 e. The average molecular weight is 617 g/mol. The molecule has 0 aliphatic rings. The van der Waals surface area contributed by atoms with Gasteiger partial charge in [0, 0.05) is 33.7 Å².